The second-order valence-electron chi connectivity index (χ2n) is 2.63. The quantitative estimate of drug-likeness (QED) is 0.425. The predicted molar refractivity (Wildman–Crippen MR) is 43.7 cm³/mol. The number of hydrogen-bond donors (Lipinski definition) is 0. The zero-order valence-electron chi connectivity index (χ0n) is 7.20. The van der Waals surface area contributed by atoms with E-state index < -0.39 is 33.9 Å². The monoisotopic (exact) mass is 207 g/mol. The van der Waals surface area contributed by atoms with Gasteiger partial charge < -0.3 is 0 Å². The minimum absolute atomic E-state index is 0.270. The van der Waals surface area contributed by atoms with Crippen LogP contribution in [0, 0.1) is 30.3 Å². The molecular formula is C5H9N3O6. The van der Waals surface area contributed by atoms with Crippen LogP contribution in [0.2, 0.25) is 0 Å². The van der Waals surface area contributed by atoms with Crippen molar-refractivity contribution in [1.82, 2.24) is 0 Å². The van der Waals surface area contributed by atoms with Gasteiger partial charge in [-0.05, 0) is 0 Å². The minimum atomic E-state index is -1.20. The van der Waals surface area contributed by atoms with Crippen molar-refractivity contribution in [2.24, 2.45) is 0 Å². The molecule has 0 N–H and O–H groups in total. The average Bonchev–Trinajstić information content (AvgIpc) is 2.02. The molecule has 0 atom stereocenters. The summed E-state index contributed by atoms with van der Waals surface area (Å²) in [6.45, 7) is -1.08. The van der Waals surface area contributed by atoms with Crippen molar-refractivity contribution in [3.05, 3.63) is 30.3 Å². The van der Waals surface area contributed by atoms with Crippen LogP contribution >= 0.6 is 0 Å². The van der Waals surface area contributed by atoms with Gasteiger partial charge in [-0.1, -0.05) is 0 Å². The van der Waals surface area contributed by atoms with Crippen LogP contribution in [0.4, 0.5) is 0 Å². The molecule has 0 heterocycles. The van der Waals surface area contributed by atoms with Crippen molar-refractivity contribution in [3.63, 3.8) is 0 Å². The maximum Gasteiger partial charge on any atom is 0.225 e. The highest BCUT2D eigenvalue weighted by Gasteiger charge is 2.24. The maximum absolute atomic E-state index is 10.3. The van der Waals surface area contributed by atoms with E-state index in [1.165, 1.54) is 0 Å². The topological polar surface area (TPSA) is 129 Å². The molecule has 0 radical (unpaired) electrons. The summed E-state index contributed by atoms with van der Waals surface area (Å²) in [5.74, 6) is 0. The molecule has 0 aliphatic carbocycles. The molecule has 0 aliphatic rings. The minimum Gasteiger partial charge on any atom is -0.265 e. The van der Waals surface area contributed by atoms with Crippen molar-refractivity contribution >= 4 is 0 Å². The van der Waals surface area contributed by atoms with E-state index in [1.54, 1.807) is 0 Å². The highest BCUT2D eigenvalue weighted by Crippen LogP contribution is 2.03. The average molecular weight is 207 g/mol. The molecule has 9 nitrogen and oxygen atoms in total. The van der Waals surface area contributed by atoms with Crippen LogP contribution in [0.25, 0.3) is 0 Å². The van der Waals surface area contributed by atoms with Crippen molar-refractivity contribution in [2.45, 2.75) is 18.9 Å². The van der Waals surface area contributed by atoms with Gasteiger partial charge in [-0.3, -0.25) is 30.3 Å². The highest BCUT2D eigenvalue weighted by atomic mass is 16.6. The van der Waals surface area contributed by atoms with Gasteiger partial charge in [-0.15, -0.1) is 0 Å². The highest BCUT2D eigenvalue weighted by molar-refractivity contribution is 4.55. The molecule has 0 bridgehead atoms. The molecule has 0 rings (SSSR count). The van der Waals surface area contributed by atoms with E-state index in [2.05, 4.69) is 0 Å². The van der Waals surface area contributed by atoms with Gasteiger partial charge in [-0.25, -0.2) is 0 Å². The number of rotatable bonds is 7. The number of hydrogen-bond acceptors (Lipinski definition) is 6. The van der Waals surface area contributed by atoms with Crippen molar-refractivity contribution < 1.29 is 14.8 Å². The molecule has 80 valence electrons. The van der Waals surface area contributed by atoms with Crippen LogP contribution in [0.3, 0.4) is 0 Å². The first-order chi connectivity index (χ1) is 6.43. The van der Waals surface area contributed by atoms with Crippen LogP contribution in [-0.4, -0.2) is 33.9 Å². The van der Waals surface area contributed by atoms with Gasteiger partial charge in [0.05, 0.1) is 12.8 Å². The van der Waals surface area contributed by atoms with E-state index in [9.17, 15) is 30.3 Å². The molecule has 0 saturated carbocycles. The zero-order valence-corrected chi connectivity index (χ0v) is 7.20. The Bertz CT molecular complexity index is 224. The molecule has 9 heteroatoms. The largest absolute Gasteiger partial charge is 0.265 e. The second kappa shape index (κ2) is 5.78. The van der Waals surface area contributed by atoms with Crippen molar-refractivity contribution in [1.29, 1.82) is 0 Å². The first-order valence-electron chi connectivity index (χ1n) is 3.80. The standard InChI is InChI=1S/C5H9N3O6/c9-6(10)3-1-5(8(13)14)2-4-7(11)12/h5H,1-4H2. The van der Waals surface area contributed by atoms with Crippen molar-refractivity contribution in [2.75, 3.05) is 13.1 Å². The van der Waals surface area contributed by atoms with E-state index in [0.29, 0.717) is 0 Å². The lowest BCUT2D eigenvalue weighted by atomic mass is 10.1. The first kappa shape index (κ1) is 12.2. The third kappa shape index (κ3) is 5.80. The second-order valence-corrected chi connectivity index (χ2v) is 2.63. The third-order valence-corrected chi connectivity index (χ3v) is 1.59. The summed E-state index contributed by atoms with van der Waals surface area (Å²) in [7, 11) is 0. The fraction of sp³-hybridized carbons (Fsp3) is 1.00. The Morgan fingerprint density at radius 1 is 0.857 bits per heavy atom. The molecule has 0 spiro atoms. The van der Waals surface area contributed by atoms with E-state index in [0.717, 1.165) is 0 Å². The van der Waals surface area contributed by atoms with Gasteiger partial charge in [0.15, 0.2) is 0 Å². The fourth-order valence-electron chi connectivity index (χ4n) is 0.864. The summed E-state index contributed by atoms with van der Waals surface area (Å²) in [4.78, 5) is 28.0. The SMILES string of the molecule is O=[N+]([O-])CCC(CC[N+](=O)[O-])[N+](=O)[O-]. The Balaban J connectivity index is 3.96. The molecule has 0 saturated heterocycles. The molecule has 0 aromatic carbocycles. The molecule has 0 aromatic rings. The van der Waals surface area contributed by atoms with E-state index in [1.807, 2.05) is 0 Å². The molecule has 0 aromatic heterocycles. The Morgan fingerprint density at radius 2 is 1.21 bits per heavy atom. The lowest BCUT2D eigenvalue weighted by Crippen LogP contribution is -2.25. The molecule has 0 amide bonds. The first-order valence-corrected chi connectivity index (χ1v) is 3.80. The zero-order chi connectivity index (χ0) is 11.1. The fourth-order valence-corrected chi connectivity index (χ4v) is 0.864. The Morgan fingerprint density at radius 3 is 1.43 bits per heavy atom. The summed E-state index contributed by atoms with van der Waals surface area (Å²) in [5, 5.41) is 30.1. The van der Waals surface area contributed by atoms with Crippen LogP contribution < -0.4 is 0 Å². The van der Waals surface area contributed by atoms with Crippen LogP contribution in [-0.2, 0) is 0 Å². The van der Waals surface area contributed by atoms with Gasteiger partial charge in [0.25, 0.3) is 0 Å². The molecular weight excluding hydrogens is 198 g/mol. The molecule has 0 unspecified atom stereocenters. The van der Waals surface area contributed by atoms with E-state index in [4.69, 9.17) is 0 Å². The van der Waals surface area contributed by atoms with Crippen LogP contribution in [0.5, 0.6) is 0 Å². The Labute approximate surface area is 78.2 Å². The summed E-state index contributed by atoms with van der Waals surface area (Å²) in [6, 6.07) is -1.20. The molecule has 0 aliphatic heterocycles. The van der Waals surface area contributed by atoms with Gasteiger partial charge in [-0.2, -0.15) is 0 Å². The third-order valence-electron chi connectivity index (χ3n) is 1.59. The summed E-state index contributed by atoms with van der Waals surface area (Å²) < 4.78 is 0. The summed E-state index contributed by atoms with van der Waals surface area (Å²) >= 11 is 0. The smallest absolute Gasteiger partial charge is 0.225 e. The summed E-state index contributed by atoms with van der Waals surface area (Å²) in [5.41, 5.74) is 0. The van der Waals surface area contributed by atoms with Crippen molar-refractivity contribution in [3.8, 4) is 0 Å². The van der Waals surface area contributed by atoms with Crippen LogP contribution in [0.1, 0.15) is 12.8 Å². The Hall–Kier alpha value is -1.80. The predicted octanol–water partition coefficient (Wildman–Crippen LogP) is -0.0347. The maximum atomic E-state index is 10.3. The number of nitrogens with zero attached hydrogens (tertiary/aromatic N) is 3. The van der Waals surface area contributed by atoms with Gasteiger partial charge >= 0.3 is 0 Å². The lowest BCUT2D eigenvalue weighted by molar-refractivity contribution is -0.554. The Kier molecular flexibility index (Phi) is 5.04. The van der Waals surface area contributed by atoms with E-state index in [-0.39, 0.29) is 12.8 Å². The van der Waals surface area contributed by atoms with E-state index >= 15 is 0 Å². The lowest BCUT2D eigenvalue weighted by Gasteiger charge is -2.03. The normalized spacial score (nSPS) is 10.1. The van der Waals surface area contributed by atoms with Gasteiger partial charge in [0.2, 0.25) is 19.1 Å². The van der Waals surface area contributed by atoms with Gasteiger partial charge in [0, 0.05) is 14.8 Å². The molecule has 14 heavy (non-hydrogen) atoms. The summed E-state index contributed by atoms with van der Waals surface area (Å²) in [6.07, 6.45) is -0.540. The van der Waals surface area contributed by atoms with Crippen LogP contribution in [0.15, 0.2) is 0 Å². The number of nitro groups is 3. The van der Waals surface area contributed by atoms with Gasteiger partial charge in [0.1, 0.15) is 0 Å². The molecule has 0 fully saturated rings.